The van der Waals surface area contributed by atoms with Crippen LogP contribution in [0.5, 0.6) is 5.75 Å². The van der Waals surface area contributed by atoms with Crippen molar-refractivity contribution in [3.05, 3.63) is 65.5 Å². The molecule has 0 aromatic heterocycles. The van der Waals surface area contributed by atoms with Crippen LogP contribution < -0.4 is 15.4 Å². The lowest BCUT2D eigenvalue weighted by molar-refractivity contribution is -0.133. The maximum Gasteiger partial charge on any atom is 0.225 e. The minimum Gasteiger partial charge on any atom is -0.489 e. The first-order valence-electron chi connectivity index (χ1n) is 10.7. The van der Waals surface area contributed by atoms with Crippen LogP contribution in [0.1, 0.15) is 31.4 Å². The lowest BCUT2D eigenvalue weighted by Gasteiger charge is -2.20. The molecule has 1 fully saturated rings. The Morgan fingerprint density at radius 2 is 1.97 bits per heavy atom. The summed E-state index contributed by atoms with van der Waals surface area (Å²) >= 11 is 0. The second-order valence-corrected chi connectivity index (χ2v) is 8.06. The molecule has 2 aromatic carbocycles. The topological polar surface area (TPSA) is 66.0 Å². The minimum absolute atomic E-state index is 0. The smallest absolute Gasteiger partial charge is 0.225 e. The average molecular weight is 554 g/mol. The van der Waals surface area contributed by atoms with Crippen molar-refractivity contribution >= 4 is 35.8 Å². The summed E-state index contributed by atoms with van der Waals surface area (Å²) in [4.78, 5) is 18.4. The highest BCUT2D eigenvalue weighted by atomic mass is 127. The highest BCUT2D eigenvalue weighted by Gasteiger charge is 2.27. The van der Waals surface area contributed by atoms with E-state index >= 15 is 0 Å². The normalized spacial score (nSPS) is 16.0. The van der Waals surface area contributed by atoms with Crippen LogP contribution in [0.15, 0.2) is 53.5 Å². The number of carbonyl (C=O) groups excluding carboxylic acids is 1. The van der Waals surface area contributed by atoms with Gasteiger partial charge in [0, 0.05) is 38.6 Å². The van der Waals surface area contributed by atoms with Gasteiger partial charge in [0.25, 0.3) is 0 Å². The number of nitrogens with zero attached hydrogens (tertiary/aromatic N) is 2. The molecule has 1 unspecified atom stereocenters. The molecule has 0 spiro atoms. The predicted molar refractivity (Wildman–Crippen MR) is 136 cm³/mol. The molecule has 2 aromatic rings. The standard InChI is InChI=1S/C24H31FN4O2.HI/c1-17(2)23(30)29-12-11-21(15-29)28-24(26-3)27-14-18-7-9-22(10-8-18)31-16-19-5-4-6-20(25)13-19;/h4-10,13,17,21H,11-12,14-16H2,1-3H3,(H2,26,27,28);1H. The molecule has 0 saturated carbocycles. The molecule has 1 heterocycles. The van der Waals surface area contributed by atoms with Gasteiger partial charge in [-0.3, -0.25) is 9.79 Å². The van der Waals surface area contributed by atoms with Gasteiger partial charge in [-0.25, -0.2) is 4.39 Å². The number of guanidine groups is 1. The number of aliphatic imine (C=N–C) groups is 1. The van der Waals surface area contributed by atoms with Gasteiger partial charge in [0.05, 0.1) is 0 Å². The third-order valence-corrected chi connectivity index (χ3v) is 5.24. The van der Waals surface area contributed by atoms with Crippen LogP contribution in [-0.4, -0.2) is 42.9 Å². The Kier molecular flexibility index (Phi) is 10.2. The number of benzene rings is 2. The maximum atomic E-state index is 13.2. The molecule has 1 amide bonds. The Hall–Kier alpha value is -2.36. The van der Waals surface area contributed by atoms with Crippen molar-refractivity contribution in [2.75, 3.05) is 20.1 Å². The number of ether oxygens (including phenoxy) is 1. The second-order valence-electron chi connectivity index (χ2n) is 8.06. The van der Waals surface area contributed by atoms with Gasteiger partial charge < -0.3 is 20.3 Å². The molecule has 0 bridgehead atoms. The molecule has 32 heavy (non-hydrogen) atoms. The van der Waals surface area contributed by atoms with Crippen molar-refractivity contribution in [3.63, 3.8) is 0 Å². The molecular formula is C24H32FIN4O2. The molecule has 6 nitrogen and oxygen atoms in total. The van der Waals surface area contributed by atoms with Gasteiger partial charge in [0.2, 0.25) is 5.91 Å². The van der Waals surface area contributed by atoms with Crippen LogP contribution in [0.25, 0.3) is 0 Å². The van der Waals surface area contributed by atoms with Crippen LogP contribution in [0.2, 0.25) is 0 Å². The van der Waals surface area contributed by atoms with Gasteiger partial charge in [-0.1, -0.05) is 38.1 Å². The number of carbonyl (C=O) groups is 1. The predicted octanol–water partition coefficient (Wildman–Crippen LogP) is 3.94. The zero-order valence-corrected chi connectivity index (χ0v) is 21.1. The zero-order valence-electron chi connectivity index (χ0n) is 18.8. The summed E-state index contributed by atoms with van der Waals surface area (Å²) in [6.07, 6.45) is 0.913. The van der Waals surface area contributed by atoms with Crippen LogP contribution in [-0.2, 0) is 17.9 Å². The van der Waals surface area contributed by atoms with Crippen molar-refractivity contribution < 1.29 is 13.9 Å². The van der Waals surface area contributed by atoms with Crippen LogP contribution in [0, 0.1) is 11.7 Å². The molecular weight excluding hydrogens is 522 g/mol. The molecule has 0 radical (unpaired) electrons. The molecule has 2 N–H and O–H groups in total. The summed E-state index contributed by atoms with van der Waals surface area (Å²) in [5.74, 6) is 1.41. The second kappa shape index (κ2) is 12.6. The van der Waals surface area contributed by atoms with Gasteiger partial charge in [0.1, 0.15) is 18.2 Å². The molecule has 1 saturated heterocycles. The fraction of sp³-hybridized carbons (Fsp3) is 0.417. The van der Waals surface area contributed by atoms with E-state index in [0.29, 0.717) is 19.7 Å². The van der Waals surface area contributed by atoms with E-state index in [1.807, 2.05) is 49.1 Å². The fourth-order valence-corrected chi connectivity index (χ4v) is 3.51. The van der Waals surface area contributed by atoms with Gasteiger partial charge in [-0.15, -0.1) is 24.0 Å². The van der Waals surface area contributed by atoms with Gasteiger partial charge >= 0.3 is 0 Å². The summed E-state index contributed by atoms with van der Waals surface area (Å²) < 4.78 is 19.0. The molecule has 1 aliphatic heterocycles. The number of halogens is 2. The highest BCUT2D eigenvalue weighted by Crippen LogP contribution is 2.15. The Labute approximate surface area is 206 Å². The maximum absolute atomic E-state index is 13.2. The molecule has 0 aliphatic carbocycles. The Morgan fingerprint density at radius 1 is 1.22 bits per heavy atom. The lowest BCUT2D eigenvalue weighted by Crippen LogP contribution is -2.45. The first-order chi connectivity index (χ1) is 14.9. The molecule has 3 rings (SSSR count). The largest absolute Gasteiger partial charge is 0.489 e. The van der Waals surface area contributed by atoms with E-state index in [0.717, 1.165) is 35.8 Å². The molecule has 8 heteroatoms. The molecule has 1 atom stereocenters. The lowest BCUT2D eigenvalue weighted by atomic mass is 10.2. The van der Waals surface area contributed by atoms with Crippen LogP contribution in [0.4, 0.5) is 4.39 Å². The number of nitrogens with one attached hydrogen (secondary N) is 2. The molecule has 1 aliphatic rings. The SMILES string of the molecule is CN=C(NCc1ccc(OCc2cccc(F)c2)cc1)NC1CCN(C(=O)C(C)C)C1.I. The quantitative estimate of drug-likeness (QED) is 0.309. The highest BCUT2D eigenvalue weighted by molar-refractivity contribution is 14.0. The van der Waals surface area contributed by atoms with E-state index in [2.05, 4.69) is 15.6 Å². The first-order valence-corrected chi connectivity index (χ1v) is 10.7. The third kappa shape index (κ3) is 7.65. The van der Waals surface area contributed by atoms with Crippen molar-refractivity contribution in [2.24, 2.45) is 10.9 Å². The fourth-order valence-electron chi connectivity index (χ4n) is 3.51. The Morgan fingerprint density at radius 3 is 2.62 bits per heavy atom. The Balaban J connectivity index is 0.00000363. The Bertz CT molecular complexity index is 905. The average Bonchev–Trinajstić information content (AvgIpc) is 3.23. The zero-order chi connectivity index (χ0) is 22.2. The number of hydrogen-bond donors (Lipinski definition) is 2. The van der Waals surface area contributed by atoms with E-state index in [1.54, 1.807) is 13.1 Å². The van der Waals surface area contributed by atoms with Crippen LogP contribution in [0.3, 0.4) is 0 Å². The monoisotopic (exact) mass is 554 g/mol. The van der Waals surface area contributed by atoms with Crippen molar-refractivity contribution in [2.45, 2.75) is 39.5 Å². The van der Waals surface area contributed by atoms with Crippen molar-refractivity contribution in [1.29, 1.82) is 0 Å². The summed E-state index contributed by atoms with van der Waals surface area (Å²) in [6, 6.07) is 14.4. The van der Waals surface area contributed by atoms with E-state index in [9.17, 15) is 9.18 Å². The third-order valence-electron chi connectivity index (χ3n) is 5.24. The number of amides is 1. The van der Waals surface area contributed by atoms with Crippen LogP contribution >= 0.6 is 24.0 Å². The van der Waals surface area contributed by atoms with Crippen molar-refractivity contribution in [1.82, 2.24) is 15.5 Å². The van der Waals surface area contributed by atoms with Gasteiger partial charge in [-0.05, 0) is 41.8 Å². The summed E-state index contributed by atoms with van der Waals surface area (Å²) in [5.41, 5.74) is 1.88. The van der Waals surface area contributed by atoms with E-state index in [1.165, 1.54) is 12.1 Å². The molecule has 174 valence electrons. The van der Waals surface area contributed by atoms with Gasteiger partial charge in [0.15, 0.2) is 5.96 Å². The van der Waals surface area contributed by atoms with E-state index in [4.69, 9.17) is 4.74 Å². The van der Waals surface area contributed by atoms with Crippen molar-refractivity contribution in [3.8, 4) is 5.75 Å². The summed E-state index contributed by atoms with van der Waals surface area (Å²) in [6.45, 7) is 6.29. The van der Waals surface area contributed by atoms with Gasteiger partial charge in [-0.2, -0.15) is 0 Å². The minimum atomic E-state index is -0.263. The first kappa shape index (κ1) is 25.9. The number of likely N-dealkylation sites (tertiary alicyclic amines) is 1. The number of hydrogen-bond acceptors (Lipinski definition) is 3. The summed E-state index contributed by atoms with van der Waals surface area (Å²) in [5, 5.41) is 6.72. The van der Waals surface area contributed by atoms with E-state index in [-0.39, 0.29) is 47.7 Å². The number of rotatable bonds is 7. The van der Waals surface area contributed by atoms with E-state index < -0.39 is 0 Å². The summed E-state index contributed by atoms with van der Waals surface area (Å²) in [7, 11) is 1.74.